The van der Waals surface area contributed by atoms with Crippen molar-refractivity contribution >= 4 is 35.3 Å². The number of pyridine rings is 1. The van der Waals surface area contributed by atoms with Gasteiger partial charge >= 0.3 is 0 Å². The molecule has 0 aliphatic heterocycles. The summed E-state index contributed by atoms with van der Waals surface area (Å²) in [7, 11) is -1.34. The van der Waals surface area contributed by atoms with Crippen LogP contribution in [0.25, 0.3) is 61.5 Å². The summed E-state index contributed by atoms with van der Waals surface area (Å²) < 4.78 is 8.18. The van der Waals surface area contributed by atoms with Crippen molar-refractivity contribution in [2.75, 3.05) is 0 Å². The van der Waals surface area contributed by atoms with Gasteiger partial charge in [0.25, 0.3) is 0 Å². The molecule has 0 amide bonds. The largest absolute Gasteiger partial charge is 0.557 e. The maximum atomic E-state index is 5.84. The number of fused-ring (bicyclic) bond motifs is 2. The van der Waals surface area contributed by atoms with Gasteiger partial charge in [0.15, 0.2) is 0 Å². The number of rotatable bonds is 9. The van der Waals surface area contributed by atoms with Gasteiger partial charge in [-0.2, -0.15) is 0 Å². The van der Waals surface area contributed by atoms with E-state index in [1.807, 2.05) is 42.5 Å². The third-order valence-electron chi connectivity index (χ3n) is 10.4. The van der Waals surface area contributed by atoms with E-state index in [0.717, 1.165) is 51.1 Å². The van der Waals surface area contributed by atoms with E-state index in [0.29, 0.717) is 17.8 Å². The fraction of sp³-hybridized carbons (Fsp3) is 0.255. The van der Waals surface area contributed by atoms with Crippen molar-refractivity contribution in [2.45, 2.75) is 79.4 Å². The van der Waals surface area contributed by atoms with E-state index >= 15 is 0 Å². The summed E-state index contributed by atoms with van der Waals surface area (Å²) >= 11 is 0. The van der Waals surface area contributed by atoms with Crippen molar-refractivity contribution in [3.8, 4) is 39.5 Å². The molecule has 0 aliphatic carbocycles. The monoisotopic (exact) mass is 944 g/mol. The van der Waals surface area contributed by atoms with Gasteiger partial charge in [0.2, 0.25) is 0 Å². The molecule has 0 atom stereocenters. The van der Waals surface area contributed by atoms with Crippen LogP contribution in [-0.4, -0.2) is 22.6 Å². The Labute approximate surface area is 353 Å². The average molecular weight is 944 g/mol. The molecule has 3 aromatic heterocycles. The molecule has 6 heteroatoms. The zero-order valence-electron chi connectivity index (χ0n) is 34.6. The van der Waals surface area contributed by atoms with Crippen LogP contribution in [0.3, 0.4) is 0 Å². The minimum Gasteiger partial charge on any atom is -0.557 e. The summed E-state index contributed by atoms with van der Waals surface area (Å²) in [6, 6.07) is 45.5. The van der Waals surface area contributed by atoms with Crippen LogP contribution in [0.15, 0.2) is 132 Å². The molecule has 0 aliphatic rings. The van der Waals surface area contributed by atoms with Gasteiger partial charge in [-0.15, -0.1) is 42.0 Å². The first kappa shape index (κ1) is 41.8. The number of hydrogen-bond donors (Lipinski definition) is 0. The van der Waals surface area contributed by atoms with Crippen LogP contribution in [0.4, 0.5) is 0 Å². The maximum absolute atomic E-state index is 5.84. The molecule has 4 nitrogen and oxygen atoms in total. The van der Waals surface area contributed by atoms with Crippen molar-refractivity contribution in [1.82, 2.24) is 14.5 Å². The Morgan fingerprint density at radius 2 is 1.37 bits per heavy atom. The normalized spacial score (nSPS) is 11.6. The van der Waals surface area contributed by atoms with Gasteiger partial charge < -0.3 is 14.0 Å². The van der Waals surface area contributed by atoms with Crippen molar-refractivity contribution in [2.24, 2.45) is 5.92 Å². The van der Waals surface area contributed by atoms with Crippen LogP contribution >= 0.6 is 0 Å². The van der Waals surface area contributed by atoms with Crippen LogP contribution in [-0.2, 0) is 26.5 Å². The molecule has 0 N–H and O–H groups in total. The van der Waals surface area contributed by atoms with Crippen molar-refractivity contribution in [1.29, 1.82) is 0 Å². The zero-order valence-corrected chi connectivity index (χ0v) is 38.0. The number of aromatic nitrogens is 3. The molecule has 0 unspecified atom stereocenters. The summed E-state index contributed by atoms with van der Waals surface area (Å²) in [5, 5.41) is 2.51. The molecule has 8 rings (SSSR count). The molecule has 8 aromatic rings. The Morgan fingerprint density at radius 1 is 0.719 bits per heavy atom. The fourth-order valence-corrected chi connectivity index (χ4v) is 9.20. The topological polar surface area (TPSA) is 43.9 Å². The Morgan fingerprint density at radius 3 is 2.02 bits per heavy atom. The molecule has 293 valence electrons. The van der Waals surface area contributed by atoms with E-state index in [4.69, 9.17) is 9.40 Å². The van der Waals surface area contributed by atoms with Crippen molar-refractivity contribution in [3.63, 3.8) is 0 Å². The zero-order chi connectivity index (χ0) is 39.6. The van der Waals surface area contributed by atoms with Crippen LogP contribution in [0.2, 0.25) is 19.6 Å². The van der Waals surface area contributed by atoms with Gasteiger partial charge in [-0.25, -0.2) is 0 Å². The number of para-hydroxylation sites is 3. The van der Waals surface area contributed by atoms with E-state index < -0.39 is 8.07 Å². The summed E-state index contributed by atoms with van der Waals surface area (Å²) in [5.74, 6) is 2.16. The van der Waals surface area contributed by atoms with E-state index in [-0.39, 0.29) is 20.1 Å². The first-order valence-corrected chi connectivity index (χ1v) is 23.5. The first-order valence-electron chi connectivity index (χ1n) is 20.0. The van der Waals surface area contributed by atoms with E-state index in [1.165, 1.54) is 38.7 Å². The van der Waals surface area contributed by atoms with E-state index in [9.17, 15) is 0 Å². The van der Waals surface area contributed by atoms with Crippen LogP contribution < -0.4 is 5.19 Å². The first-order chi connectivity index (χ1) is 26.9. The molecule has 0 spiro atoms. The molecular formula is C51H53IrN3OSi-2. The maximum Gasteiger partial charge on any atom is 0.0798 e. The molecule has 5 aromatic carbocycles. The molecule has 0 saturated carbocycles. The summed E-state index contributed by atoms with van der Waals surface area (Å²) in [5.41, 5.74) is 13.7. The molecular weight excluding hydrogens is 891 g/mol. The minimum atomic E-state index is -1.34. The van der Waals surface area contributed by atoms with Crippen molar-refractivity contribution < 1.29 is 24.5 Å². The molecule has 57 heavy (non-hydrogen) atoms. The second kappa shape index (κ2) is 17.7. The number of hydrogen-bond acceptors (Lipinski definition) is 3. The minimum absolute atomic E-state index is 0. The van der Waals surface area contributed by atoms with Gasteiger partial charge in [0, 0.05) is 43.8 Å². The summed E-state index contributed by atoms with van der Waals surface area (Å²) in [4.78, 5) is 9.82. The summed E-state index contributed by atoms with van der Waals surface area (Å²) in [6.07, 6.45) is 6.42. The predicted octanol–water partition coefficient (Wildman–Crippen LogP) is 13.4. The predicted molar refractivity (Wildman–Crippen MR) is 239 cm³/mol. The molecule has 3 heterocycles. The van der Waals surface area contributed by atoms with E-state index in [2.05, 4.69) is 168 Å². The average Bonchev–Trinajstić information content (AvgIpc) is 3.79. The fourth-order valence-electron chi connectivity index (χ4n) is 7.61. The van der Waals surface area contributed by atoms with E-state index in [1.54, 1.807) is 0 Å². The SMILES string of the molecule is CC(C)Cc1cc(-c2[c-]cccc2)ncc1[Si](C)(C)C.CC(C)c1cc(-c2ccccc2)cc(C(C)C)c1-n1c(-c2[c-]oc3ccccc23)nc2ccccc21.[Ir]. The van der Waals surface area contributed by atoms with Crippen LogP contribution in [0.1, 0.15) is 70.1 Å². The number of furan rings is 1. The van der Waals surface area contributed by atoms with Gasteiger partial charge in [-0.05, 0) is 81.6 Å². The third-order valence-corrected chi connectivity index (χ3v) is 12.4. The Bertz CT molecular complexity index is 2550. The number of imidazole rings is 1. The van der Waals surface area contributed by atoms with Gasteiger partial charge in [0.05, 0.1) is 24.9 Å². The second-order valence-electron chi connectivity index (χ2n) is 16.9. The van der Waals surface area contributed by atoms with Crippen LogP contribution in [0, 0.1) is 18.2 Å². The second-order valence-corrected chi connectivity index (χ2v) is 21.9. The van der Waals surface area contributed by atoms with Gasteiger partial charge in [-0.3, -0.25) is 4.98 Å². The van der Waals surface area contributed by atoms with Gasteiger partial charge in [-0.1, -0.05) is 144 Å². The third kappa shape index (κ3) is 8.99. The molecule has 0 fully saturated rings. The molecule has 1 radical (unpaired) electrons. The van der Waals surface area contributed by atoms with Gasteiger partial charge in [0.1, 0.15) is 0 Å². The Hall–Kier alpha value is -4.87. The Kier molecular flexibility index (Phi) is 13.0. The number of benzene rings is 5. The quantitative estimate of drug-likeness (QED) is 0.107. The Balaban J connectivity index is 0.000000223. The van der Waals surface area contributed by atoms with Crippen molar-refractivity contribution in [3.05, 3.63) is 157 Å². The number of nitrogens with zero attached hydrogens (tertiary/aromatic N) is 3. The smallest absolute Gasteiger partial charge is 0.0798 e. The van der Waals surface area contributed by atoms with Crippen LogP contribution in [0.5, 0.6) is 0 Å². The molecule has 0 bridgehead atoms. The standard InChI is InChI=1S/C33H29N2O.C18H24NSi.Ir/c1-21(2)26-18-24(23-12-6-5-7-13-23)19-27(22(3)4)32(26)35-30-16-10-9-15-29(30)34-33(35)28-20-36-31-17-11-8-14-25(28)31;1-14(2)11-16-12-17(15-9-7-6-8-10-15)19-13-18(16)20(3,4)5;/h5-19,21-22H,1-4H3;6-9,12-14H,11H2,1-5H3;/q2*-1;. The molecule has 0 saturated heterocycles. The summed E-state index contributed by atoms with van der Waals surface area (Å²) in [6.45, 7) is 20.8.